The number of oxime groups is 1. The number of aromatic nitrogens is 3. The van der Waals surface area contributed by atoms with Crippen molar-refractivity contribution in [3.8, 4) is 5.88 Å². The van der Waals surface area contributed by atoms with E-state index < -0.39 is 11.7 Å². The smallest absolute Gasteiger partial charge is 0.267 e. The second-order valence-corrected chi connectivity index (χ2v) is 6.36. The molecule has 3 aromatic heterocycles. The monoisotopic (exact) mass is 413 g/mol. The summed E-state index contributed by atoms with van der Waals surface area (Å²) >= 11 is 6.00. The van der Waals surface area contributed by atoms with Crippen LogP contribution in [0, 0.1) is 12.7 Å². The molecule has 3 heterocycles. The van der Waals surface area contributed by atoms with Crippen LogP contribution in [0.2, 0.25) is 5.02 Å². The Hall–Kier alpha value is -3.39. The van der Waals surface area contributed by atoms with Gasteiger partial charge in [-0.05, 0) is 37.6 Å². The number of carbonyl (C=O) groups excluding carboxylic acids is 1. The van der Waals surface area contributed by atoms with Crippen LogP contribution in [0.1, 0.15) is 34.8 Å². The van der Waals surface area contributed by atoms with E-state index in [1.54, 1.807) is 36.7 Å². The lowest BCUT2D eigenvalue weighted by molar-refractivity contribution is 0.102. The molecule has 0 bridgehead atoms. The van der Waals surface area contributed by atoms with Crippen molar-refractivity contribution in [1.29, 1.82) is 0 Å². The topological polar surface area (TPSA) is 89.4 Å². The van der Waals surface area contributed by atoms with Gasteiger partial charge in [0.2, 0.25) is 0 Å². The molecular weight excluding hydrogens is 397 g/mol. The quantitative estimate of drug-likeness (QED) is 0.477. The van der Waals surface area contributed by atoms with E-state index >= 15 is 0 Å². The maximum Gasteiger partial charge on any atom is 0.267 e. The number of anilines is 1. The van der Waals surface area contributed by atoms with E-state index in [9.17, 15) is 9.18 Å². The summed E-state index contributed by atoms with van der Waals surface area (Å²) in [6.45, 7) is 3.43. The Kier molecular flexibility index (Phi) is 6.46. The van der Waals surface area contributed by atoms with Crippen LogP contribution in [-0.2, 0) is 0 Å². The highest BCUT2D eigenvalue weighted by Gasteiger charge is 2.14. The Labute approximate surface area is 171 Å². The van der Waals surface area contributed by atoms with Gasteiger partial charge in [-0.15, -0.1) is 0 Å². The van der Waals surface area contributed by atoms with Gasteiger partial charge in [-0.25, -0.2) is 14.4 Å². The molecule has 0 atom stereocenters. The summed E-state index contributed by atoms with van der Waals surface area (Å²) in [5.41, 5.74) is 1.70. The number of carbonyl (C=O) groups is 1. The minimum Gasteiger partial charge on any atom is -0.335 e. The normalized spacial score (nSPS) is 11.2. The number of halogens is 2. The third-order valence-corrected chi connectivity index (χ3v) is 4.33. The van der Waals surface area contributed by atoms with Crippen LogP contribution in [-0.4, -0.2) is 26.6 Å². The van der Waals surface area contributed by atoms with Crippen molar-refractivity contribution in [2.45, 2.75) is 20.3 Å². The Balaban J connectivity index is 1.73. The fourth-order valence-corrected chi connectivity index (χ4v) is 2.56. The summed E-state index contributed by atoms with van der Waals surface area (Å²) in [5.74, 6) is -0.521. The Morgan fingerprint density at radius 1 is 1.24 bits per heavy atom. The molecule has 0 aliphatic rings. The zero-order chi connectivity index (χ0) is 20.8. The molecule has 1 N–H and O–H groups in total. The molecule has 0 aliphatic carbocycles. The molecule has 1 amide bonds. The first-order valence-corrected chi connectivity index (χ1v) is 9.09. The van der Waals surface area contributed by atoms with E-state index in [4.69, 9.17) is 16.4 Å². The number of nitrogens with zero attached hydrogens (tertiary/aromatic N) is 4. The number of nitrogens with one attached hydrogen (secondary N) is 1. The molecular formula is C20H17ClFN5O2. The minimum absolute atomic E-state index is 0.146. The molecule has 0 saturated carbocycles. The molecule has 3 rings (SSSR count). The molecule has 0 radical (unpaired) electrons. The molecule has 9 heteroatoms. The minimum atomic E-state index is -0.544. The molecule has 0 saturated heterocycles. The lowest BCUT2D eigenvalue weighted by Crippen LogP contribution is -2.15. The average molecular weight is 414 g/mol. The summed E-state index contributed by atoms with van der Waals surface area (Å²) in [5, 5.41) is 7.07. The van der Waals surface area contributed by atoms with Crippen molar-refractivity contribution in [3.05, 3.63) is 76.6 Å². The van der Waals surface area contributed by atoms with Gasteiger partial charge in [0.05, 0.1) is 17.5 Å². The molecule has 29 heavy (non-hydrogen) atoms. The van der Waals surface area contributed by atoms with E-state index in [-0.39, 0.29) is 17.0 Å². The van der Waals surface area contributed by atoms with Gasteiger partial charge in [0.15, 0.2) is 0 Å². The molecule has 0 aliphatic heterocycles. The molecule has 7 nitrogen and oxygen atoms in total. The average Bonchev–Trinajstić information content (AvgIpc) is 2.72. The Morgan fingerprint density at radius 2 is 2.07 bits per heavy atom. The number of hydrogen-bond acceptors (Lipinski definition) is 6. The van der Waals surface area contributed by atoms with Crippen LogP contribution in [0.15, 0.2) is 54.2 Å². The molecule has 0 unspecified atom stereocenters. The Bertz CT molecular complexity index is 1060. The van der Waals surface area contributed by atoms with Crippen molar-refractivity contribution in [1.82, 2.24) is 15.0 Å². The van der Waals surface area contributed by atoms with Crippen molar-refractivity contribution in [2.75, 3.05) is 5.32 Å². The molecule has 0 fully saturated rings. The van der Waals surface area contributed by atoms with Crippen LogP contribution >= 0.6 is 11.6 Å². The van der Waals surface area contributed by atoms with Gasteiger partial charge in [-0.1, -0.05) is 23.7 Å². The van der Waals surface area contributed by atoms with E-state index in [0.29, 0.717) is 28.5 Å². The molecule has 3 aromatic rings. The van der Waals surface area contributed by atoms with Gasteiger partial charge in [0, 0.05) is 29.7 Å². The maximum absolute atomic E-state index is 13.6. The number of hydrogen-bond donors (Lipinski definition) is 1. The summed E-state index contributed by atoms with van der Waals surface area (Å²) in [6.07, 6.45) is 6.05. The lowest BCUT2D eigenvalue weighted by atomic mass is 10.1. The summed E-state index contributed by atoms with van der Waals surface area (Å²) in [7, 11) is 0. The lowest BCUT2D eigenvalue weighted by Gasteiger charge is -2.08. The van der Waals surface area contributed by atoms with Gasteiger partial charge in [0.1, 0.15) is 16.7 Å². The number of amides is 1. The SMILES string of the molecule is CCC(=NOc1ncccc1Cl)c1ccc(NC(=O)c2cncc(F)c2C)nc1. The van der Waals surface area contributed by atoms with Gasteiger partial charge in [-0.2, -0.15) is 0 Å². The number of pyridine rings is 3. The van der Waals surface area contributed by atoms with Crippen LogP contribution in [0.5, 0.6) is 5.88 Å². The summed E-state index contributed by atoms with van der Waals surface area (Å²) < 4.78 is 13.6. The maximum atomic E-state index is 13.6. The zero-order valence-electron chi connectivity index (χ0n) is 15.7. The second-order valence-electron chi connectivity index (χ2n) is 5.95. The van der Waals surface area contributed by atoms with Crippen molar-refractivity contribution >= 4 is 29.0 Å². The second kappa shape index (κ2) is 9.20. The third kappa shape index (κ3) is 4.91. The zero-order valence-corrected chi connectivity index (χ0v) is 16.4. The fourth-order valence-electron chi connectivity index (χ4n) is 2.41. The van der Waals surface area contributed by atoms with Gasteiger partial charge >= 0.3 is 0 Å². The van der Waals surface area contributed by atoms with Gasteiger partial charge in [-0.3, -0.25) is 9.78 Å². The van der Waals surface area contributed by atoms with E-state index in [2.05, 4.69) is 25.4 Å². The molecule has 0 spiro atoms. The summed E-state index contributed by atoms with van der Waals surface area (Å²) in [4.78, 5) is 29.6. The first-order chi connectivity index (χ1) is 14.0. The number of rotatable bonds is 6. The van der Waals surface area contributed by atoms with Crippen LogP contribution in [0.3, 0.4) is 0 Å². The highest BCUT2D eigenvalue weighted by atomic mass is 35.5. The first-order valence-electron chi connectivity index (χ1n) is 8.72. The van der Waals surface area contributed by atoms with Crippen molar-refractivity contribution < 1.29 is 14.0 Å². The summed E-state index contributed by atoms with van der Waals surface area (Å²) in [6, 6.07) is 6.71. The molecule has 0 aromatic carbocycles. The van der Waals surface area contributed by atoms with Crippen LogP contribution < -0.4 is 10.2 Å². The standard InChI is InChI=1S/C20H17ClFN5O2/c1-3-17(27-29-20-15(21)5-4-8-24-20)13-6-7-18(25-9-13)26-19(28)14-10-23-11-16(22)12(14)2/h4-11H,3H2,1-2H3,(H,25,26,28). The van der Waals surface area contributed by atoms with E-state index in [0.717, 1.165) is 6.20 Å². The van der Waals surface area contributed by atoms with Crippen molar-refractivity contribution in [2.24, 2.45) is 5.16 Å². The largest absolute Gasteiger partial charge is 0.335 e. The van der Waals surface area contributed by atoms with E-state index in [1.165, 1.54) is 13.1 Å². The predicted octanol–water partition coefficient (Wildman–Crippen LogP) is 4.42. The molecule has 148 valence electrons. The van der Waals surface area contributed by atoms with Crippen molar-refractivity contribution in [3.63, 3.8) is 0 Å². The van der Waals surface area contributed by atoms with Crippen LogP contribution in [0.25, 0.3) is 0 Å². The highest BCUT2D eigenvalue weighted by Crippen LogP contribution is 2.20. The first kappa shape index (κ1) is 20.3. The van der Waals surface area contributed by atoms with E-state index in [1.807, 2.05) is 6.92 Å². The van der Waals surface area contributed by atoms with Crippen LogP contribution in [0.4, 0.5) is 10.2 Å². The third-order valence-electron chi connectivity index (χ3n) is 4.04. The predicted molar refractivity (Wildman–Crippen MR) is 108 cm³/mol. The highest BCUT2D eigenvalue weighted by molar-refractivity contribution is 6.31. The Morgan fingerprint density at radius 3 is 2.76 bits per heavy atom. The fraction of sp³-hybridized carbons (Fsp3) is 0.150. The van der Waals surface area contributed by atoms with Gasteiger partial charge in [0.25, 0.3) is 11.8 Å². The van der Waals surface area contributed by atoms with Gasteiger partial charge < -0.3 is 10.2 Å².